The number of carbonyl (C=O) groups excluding carboxylic acids is 1. The van der Waals surface area contributed by atoms with E-state index in [-0.39, 0.29) is 11.5 Å². The summed E-state index contributed by atoms with van der Waals surface area (Å²) < 4.78 is 12.0. The molecule has 1 amide bonds. The van der Waals surface area contributed by atoms with Crippen molar-refractivity contribution < 1.29 is 14.3 Å². The Hall–Kier alpha value is -1.72. The van der Waals surface area contributed by atoms with E-state index in [2.05, 4.69) is 11.1 Å². The topological polar surface area (TPSA) is 51.7 Å². The second-order valence-electron chi connectivity index (χ2n) is 8.22. The minimum atomic E-state index is -0.0983. The zero-order valence-corrected chi connectivity index (χ0v) is 16.1. The van der Waals surface area contributed by atoms with Crippen molar-refractivity contribution in [3.63, 3.8) is 0 Å². The van der Waals surface area contributed by atoms with Crippen LogP contribution in [-0.4, -0.2) is 47.7 Å². The van der Waals surface area contributed by atoms with Crippen molar-refractivity contribution in [1.29, 1.82) is 0 Å². The van der Waals surface area contributed by atoms with Crippen LogP contribution in [0.25, 0.3) is 0 Å². The number of likely N-dealkylation sites (tertiary alicyclic amines) is 1. The third-order valence-corrected chi connectivity index (χ3v) is 6.09. The highest BCUT2D eigenvalue weighted by Crippen LogP contribution is 2.39. The fourth-order valence-electron chi connectivity index (χ4n) is 4.54. The molecule has 1 aromatic heterocycles. The Morgan fingerprint density at radius 2 is 2.15 bits per heavy atom. The number of rotatable bonds is 6. The molecule has 0 radical (unpaired) electrons. The van der Waals surface area contributed by atoms with Gasteiger partial charge in [-0.25, -0.2) is 0 Å². The van der Waals surface area contributed by atoms with Gasteiger partial charge < -0.3 is 14.4 Å². The van der Waals surface area contributed by atoms with Gasteiger partial charge in [0.2, 0.25) is 5.91 Å². The molecule has 146 valence electrons. The summed E-state index contributed by atoms with van der Waals surface area (Å²) >= 11 is 0. The van der Waals surface area contributed by atoms with Crippen LogP contribution in [0.1, 0.15) is 50.5 Å². The van der Waals surface area contributed by atoms with Gasteiger partial charge in [0, 0.05) is 31.2 Å². The summed E-state index contributed by atoms with van der Waals surface area (Å²) in [6, 6.07) is 3.98. The van der Waals surface area contributed by atoms with Crippen LogP contribution in [0.5, 0.6) is 0 Å². The summed E-state index contributed by atoms with van der Waals surface area (Å²) in [6.07, 6.45) is 13.3. The second kappa shape index (κ2) is 8.53. The lowest BCUT2D eigenvalue weighted by atomic mass is 9.79. The molecule has 4 rings (SSSR count). The number of ether oxygens (including phenoxy) is 2. The van der Waals surface area contributed by atoms with Crippen molar-refractivity contribution >= 4 is 5.91 Å². The first-order valence-electron chi connectivity index (χ1n) is 10.3. The molecule has 27 heavy (non-hydrogen) atoms. The van der Waals surface area contributed by atoms with Crippen LogP contribution in [0.3, 0.4) is 0 Å². The van der Waals surface area contributed by atoms with Gasteiger partial charge in [-0.15, -0.1) is 0 Å². The smallest absolute Gasteiger partial charge is 0.249 e. The molecule has 1 spiro atoms. The molecule has 3 aliphatic rings. The summed E-state index contributed by atoms with van der Waals surface area (Å²) in [7, 11) is 0. The van der Waals surface area contributed by atoms with E-state index in [1.165, 1.54) is 12.0 Å². The van der Waals surface area contributed by atoms with Crippen LogP contribution in [-0.2, 0) is 20.9 Å². The first kappa shape index (κ1) is 18.6. The van der Waals surface area contributed by atoms with Crippen LogP contribution in [0.2, 0.25) is 0 Å². The molecular formula is C22H30N2O3. The second-order valence-corrected chi connectivity index (χ2v) is 8.22. The molecule has 0 bridgehead atoms. The fraction of sp³-hybridized carbons (Fsp3) is 0.636. The molecule has 5 heteroatoms. The largest absolute Gasteiger partial charge is 0.377 e. The number of hydrogen-bond donors (Lipinski definition) is 0. The summed E-state index contributed by atoms with van der Waals surface area (Å²) in [4.78, 5) is 18.6. The van der Waals surface area contributed by atoms with E-state index in [4.69, 9.17) is 9.47 Å². The van der Waals surface area contributed by atoms with Crippen LogP contribution >= 0.6 is 0 Å². The monoisotopic (exact) mass is 370 g/mol. The van der Waals surface area contributed by atoms with E-state index in [9.17, 15) is 4.79 Å². The molecule has 5 nitrogen and oxygen atoms in total. The first-order chi connectivity index (χ1) is 13.2. The lowest BCUT2D eigenvalue weighted by Gasteiger charge is -2.53. The molecule has 2 saturated heterocycles. The van der Waals surface area contributed by atoms with E-state index >= 15 is 0 Å². The average molecular weight is 370 g/mol. The Bertz CT molecular complexity index is 667. The number of pyridine rings is 1. The SMILES string of the molecule is O=C(C1=CCCCC1)N1CC2(C[C@H](CCOCc3ccncc3)CCO2)C1. The van der Waals surface area contributed by atoms with E-state index in [0.717, 1.165) is 70.4 Å². The van der Waals surface area contributed by atoms with Gasteiger partial charge >= 0.3 is 0 Å². The minimum Gasteiger partial charge on any atom is -0.377 e. The average Bonchev–Trinajstić information content (AvgIpc) is 2.70. The predicted octanol–water partition coefficient (Wildman–Crippen LogP) is 3.50. The molecule has 2 fully saturated rings. The van der Waals surface area contributed by atoms with Crippen molar-refractivity contribution in [1.82, 2.24) is 9.88 Å². The molecule has 0 aromatic carbocycles. The number of amides is 1. The number of aromatic nitrogens is 1. The summed E-state index contributed by atoms with van der Waals surface area (Å²) in [5.74, 6) is 0.870. The highest BCUT2D eigenvalue weighted by molar-refractivity contribution is 5.94. The van der Waals surface area contributed by atoms with Gasteiger partial charge in [0.15, 0.2) is 0 Å². The first-order valence-corrected chi connectivity index (χ1v) is 10.3. The summed E-state index contributed by atoms with van der Waals surface area (Å²) in [6.45, 7) is 3.75. The maximum absolute atomic E-state index is 12.6. The molecular weight excluding hydrogens is 340 g/mol. The molecule has 3 heterocycles. The van der Waals surface area contributed by atoms with Gasteiger partial charge in [0.25, 0.3) is 0 Å². The molecule has 2 aliphatic heterocycles. The summed E-state index contributed by atoms with van der Waals surface area (Å²) in [5.41, 5.74) is 2.09. The van der Waals surface area contributed by atoms with Crippen molar-refractivity contribution in [3.05, 3.63) is 41.7 Å². The molecule has 1 atom stereocenters. The molecule has 1 aliphatic carbocycles. The van der Waals surface area contributed by atoms with E-state index < -0.39 is 0 Å². The van der Waals surface area contributed by atoms with E-state index in [1.54, 1.807) is 12.4 Å². The predicted molar refractivity (Wildman–Crippen MR) is 103 cm³/mol. The number of carbonyl (C=O) groups is 1. The van der Waals surface area contributed by atoms with Gasteiger partial charge in [-0.2, -0.15) is 0 Å². The van der Waals surface area contributed by atoms with Crippen LogP contribution in [0.15, 0.2) is 36.2 Å². The van der Waals surface area contributed by atoms with Crippen LogP contribution < -0.4 is 0 Å². The highest BCUT2D eigenvalue weighted by Gasteiger charge is 2.49. The summed E-state index contributed by atoms with van der Waals surface area (Å²) in [5, 5.41) is 0. The standard InChI is InChI=1S/C22H30N2O3/c25-21(20-4-2-1-3-5-20)24-16-22(17-24)14-18(9-13-27-22)8-12-26-15-19-6-10-23-11-7-19/h4,6-7,10-11,18H,1-3,5,8-9,12-17H2/t18-/m1/s1. The molecule has 1 aromatic rings. The fourth-order valence-corrected chi connectivity index (χ4v) is 4.54. The molecule has 0 saturated carbocycles. The third-order valence-electron chi connectivity index (χ3n) is 6.09. The van der Waals surface area contributed by atoms with Crippen LogP contribution in [0.4, 0.5) is 0 Å². The number of allylic oxidation sites excluding steroid dienone is 1. The van der Waals surface area contributed by atoms with Crippen molar-refractivity contribution in [2.45, 2.75) is 57.2 Å². The molecule has 0 N–H and O–H groups in total. The lowest BCUT2D eigenvalue weighted by Crippen LogP contribution is -2.66. The van der Waals surface area contributed by atoms with E-state index in [0.29, 0.717) is 12.5 Å². The quantitative estimate of drug-likeness (QED) is 0.719. The van der Waals surface area contributed by atoms with Crippen molar-refractivity contribution in [3.8, 4) is 0 Å². The Balaban J connectivity index is 1.20. The Morgan fingerprint density at radius 1 is 1.30 bits per heavy atom. The Labute approximate surface area is 161 Å². The number of hydrogen-bond acceptors (Lipinski definition) is 4. The lowest BCUT2D eigenvalue weighted by molar-refractivity contribution is -0.187. The van der Waals surface area contributed by atoms with Gasteiger partial charge in [-0.1, -0.05) is 6.08 Å². The zero-order chi connectivity index (χ0) is 18.5. The van der Waals surface area contributed by atoms with Gasteiger partial charge in [0.1, 0.15) is 5.60 Å². The van der Waals surface area contributed by atoms with Crippen molar-refractivity contribution in [2.24, 2.45) is 5.92 Å². The minimum absolute atomic E-state index is 0.0983. The van der Waals surface area contributed by atoms with Crippen molar-refractivity contribution in [2.75, 3.05) is 26.3 Å². The van der Waals surface area contributed by atoms with Gasteiger partial charge in [-0.3, -0.25) is 9.78 Å². The maximum atomic E-state index is 12.6. The Morgan fingerprint density at radius 3 is 2.93 bits per heavy atom. The van der Waals surface area contributed by atoms with Gasteiger partial charge in [-0.05, 0) is 68.6 Å². The maximum Gasteiger partial charge on any atom is 0.249 e. The third kappa shape index (κ3) is 4.58. The van der Waals surface area contributed by atoms with E-state index in [1.807, 2.05) is 17.0 Å². The van der Waals surface area contributed by atoms with Crippen LogP contribution in [0, 0.1) is 5.92 Å². The Kier molecular flexibility index (Phi) is 5.89. The zero-order valence-electron chi connectivity index (χ0n) is 16.1. The van der Waals surface area contributed by atoms with Gasteiger partial charge in [0.05, 0.1) is 19.7 Å². The highest BCUT2D eigenvalue weighted by atomic mass is 16.5. The molecule has 0 unspecified atom stereocenters. The number of nitrogens with zero attached hydrogens (tertiary/aromatic N) is 2. The normalized spacial score (nSPS) is 24.4.